The lowest BCUT2D eigenvalue weighted by atomic mass is 10.1. The van der Waals surface area contributed by atoms with Crippen molar-refractivity contribution < 1.29 is 4.79 Å². The smallest absolute Gasteiger partial charge is 0.222 e. The Morgan fingerprint density at radius 1 is 1.29 bits per heavy atom. The highest BCUT2D eigenvalue weighted by atomic mass is 16.2. The number of nitrogens with zero attached hydrogens (tertiary/aromatic N) is 2. The van der Waals surface area contributed by atoms with Gasteiger partial charge >= 0.3 is 0 Å². The lowest BCUT2D eigenvalue weighted by molar-refractivity contribution is -0.130. The molecule has 0 spiro atoms. The van der Waals surface area contributed by atoms with Crippen molar-refractivity contribution in [2.45, 2.75) is 32.2 Å². The first-order chi connectivity index (χ1) is 8.24. The van der Waals surface area contributed by atoms with Crippen LogP contribution >= 0.6 is 0 Å². The van der Waals surface area contributed by atoms with Crippen LogP contribution in [-0.4, -0.2) is 29.4 Å². The quantitative estimate of drug-likeness (QED) is 0.730. The van der Waals surface area contributed by atoms with Crippen LogP contribution in [0.15, 0.2) is 24.5 Å². The van der Waals surface area contributed by atoms with Gasteiger partial charge in [0.2, 0.25) is 5.91 Å². The monoisotopic (exact) mass is 235 g/mol. The summed E-state index contributed by atoms with van der Waals surface area (Å²) in [7, 11) is 1.84. The highest BCUT2D eigenvalue weighted by Gasteiger charge is 2.08. The number of carbonyl (C=O) groups is 1. The van der Waals surface area contributed by atoms with Gasteiger partial charge in [-0.3, -0.25) is 9.78 Å². The van der Waals surface area contributed by atoms with Gasteiger partial charge in [-0.1, -0.05) is 6.42 Å². The van der Waals surface area contributed by atoms with Gasteiger partial charge < -0.3 is 10.6 Å². The molecule has 94 valence electrons. The SMILES string of the molecule is CN(Cc1ccncc1)C(=O)CCCCCN. The molecular formula is C13H21N3O. The van der Waals surface area contributed by atoms with Crippen LogP contribution in [0.25, 0.3) is 0 Å². The van der Waals surface area contributed by atoms with Crippen LogP contribution in [-0.2, 0) is 11.3 Å². The number of hydrogen-bond acceptors (Lipinski definition) is 3. The molecule has 1 heterocycles. The minimum absolute atomic E-state index is 0.193. The lowest BCUT2D eigenvalue weighted by Gasteiger charge is -2.17. The van der Waals surface area contributed by atoms with Gasteiger partial charge in [-0.25, -0.2) is 0 Å². The van der Waals surface area contributed by atoms with Gasteiger partial charge in [0, 0.05) is 32.4 Å². The van der Waals surface area contributed by atoms with E-state index in [1.807, 2.05) is 19.2 Å². The molecule has 0 aliphatic carbocycles. The van der Waals surface area contributed by atoms with Crippen molar-refractivity contribution in [2.24, 2.45) is 5.73 Å². The second-order valence-corrected chi connectivity index (χ2v) is 4.20. The molecule has 1 rings (SSSR count). The Kier molecular flexibility index (Phi) is 6.25. The van der Waals surface area contributed by atoms with Crippen molar-refractivity contribution in [2.75, 3.05) is 13.6 Å². The van der Waals surface area contributed by atoms with E-state index in [-0.39, 0.29) is 5.91 Å². The molecule has 1 amide bonds. The fourth-order valence-electron chi connectivity index (χ4n) is 1.64. The van der Waals surface area contributed by atoms with Crippen LogP contribution < -0.4 is 5.73 Å². The van der Waals surface area contributed by atoms with Gasteiger partial charge in [0.25, 0.3) is 0 Å². The number of pyridine rings is 1. The Balaban J connectivity index is 2.27. The second-order valence-electron chi connectivity index (χ2n) is 4.20. The van der Waals surface area contributed by atoms with Crippen molar-refractivity contribution in [1.82, 2.24) is 9.88 Å². The van der Waals surface area contributed by atoms with E-state index < -0.39 is 0 Å². The summed E-state index contributed by atoms with van der Waals surface area (Å²) >= 11 is 0. The first-order valence-electron chi connectivity index (χ1n) is 6.07. The molecule has 0 saturated carbocycles. The van der Waals surface area contributed by atoms with Crippen molar-refractivity contribution in [1.29, 1.82) is 0 Å². The van der Waals surface area contributed by atoms with E-state index >= 15 is 0 Å². The van der Waals surface area contributed by atoms with E-state index in [9.17, 15) is 4.79 Å². The van der Waals surface area contributed by atoms with Crippen LogP contribution in [0, 0.1) is 0 Å². The van der Waals surface area contributed by atoms with E-state index in [0.29, 0.717) is 19.5 Å². The molecule has 0 aliphatic heterocycles. The first-order valence-corrected chi connectivity index (χ1v) is 6.07. The van der Waals surface area contributed by atoms with Crippen LogP contribution in [0.1, 0.15) is 31.2 Å². The third-order valence-electron chi connectivity index (χ3n) is 2.69. The Morgan fingerprint density at radius 2 is 2.00 bits per heavy atom. The molecule has 1 aromatic rings. The Hall–Kier alpha value is -1.42. The molecule has 0 radical (unpaired) electrons. The first kappa shape index (κ1) is 13.6. The average Bonchev–Trinajstić information content (AvgIpc) is 2.35. The molecule has 4 heteroatoms. The van der Waals surface area contributed by atoms with Gasteiger partial charge in [0.1, 0.15) is 0 Å². The summed E-state index contributed by atoms with van der Waals surface area (Å²) in [6.07, 6.45) is 7.06. The normalized spacial score (nSPS) is 10.2. The molecular weight excluding hydrogens is 214 g/mol. The van der Waals surface area contributed by atoms with E-state index in [2.05, 4.69) is 4.98 Å². The van der Waals surface area contributed by atoms with Gasteiger partial charge in [0.15, 0.2) is 0 Å². The highest BCUT2D eigenvalue weighted by Crippen LogP contribution is 2.06. The molecule has 0 fully saturated rings. The molecule has 0 unspecified atom stereocenters. The van der Waals surface area contributed by atoms with Gasteiger partial charge in [-0.05, 0) is 37.1 Å². The van der Waals surface area contributed by atoms with Crippen molar-refractivity contribution in [3.63, 3.8) is 0 Å². The van der Waals surface area contributed by atoms with Gasteiger partial charge in [0.05, 0.1) is 0 Å². The zero-order valence-electron chi connectivity index (χ0n) is 10.4. The van der Waals surface area contributed by atoms with Crippen molar-refractivity contribution in [3.8, 4) is 0 Å². The summed E-state index contributed by atoms with van der Waals surface area (Å²) in [5.74, 6) is 0.193. The fourth-order valence-corrected chi connectivity index (χ4v) is 1.64. The van der Waals surface area contributed by atoms with Crippen LogP contribution in [0.2, 0.25) is 0 Å². The summed E-state index contributed by atoms with van der Waals surface area (Å²) < 4.78 is 0. The third-order valence-corrected chi connectivity index (χ3v) is 2.69. The Morgan fingerprint density at radius 3 is 2.65 bits per heavy atom. The molecule has 0 aliphatic rings. The maximum absolute atomic E-state index is 11.8. The topological polar surface area (TPSA) is 59.2 Å². The van der Waals surface area contributed by atoms with Crippen LogP contribution in [0.5, 0.6) is 0 Å². The molecule has 4 nitrogen and oxygen atoms in total. The van der Waals surface area contributed by atoms with Crippen LogP contribution in [0.4, 0.5) is 0 Å². The van der Waals surface area contributed by atoms with E-state index in [4.69, 9.17) is 5.73 Å². The Bertz CT molecular complexity index is 327. The maximum Gasteiger partial charge on any atom is 0.222 e. The summed E-state index contributed by atoms with van der Waals surface area (Å²) in [5, 5.41) is 0. The fraction of sp³-hybridized carbons (Fsp3) is 0.538. The van der Waals surface area contributed by atoms with E-state index in [1.165, 1.54) is 0 Å². The number of amides is 1. The summed E-state index contributed by atoms with van der Waals surface area (Å²) in [6, 6.07) is 3.86. The van der Waals surface area contributed by atoms with Crippen molar-refractivity contribution in [3.05, 3.63) is 30.1 Å². The molecule has 0 aromatic carbocycles. The zero-order chi connectivity index (χ0) is 12.5. The lowest BCUT2D eigenvalue weighted by Crippen LogP contribution is -2.25. The molecule has 17 heavy (non-hydrogen) atoms. The van der Waals surface area contributed by atoms with Crippen molar-refractivity contribution >= 4 is 5.91 Å². The minimum Gasteiger partial charge on any atom is -0.341 e. The minimum atomic E-state index is 0.193. The predicted molar refractivity (Wildman–Crippen MR) is 68.2 cm³/mol. The Labute approximate surface area is 103 Å². The van der Waals surface area contributed by atoms with Crippen LogP contribution in [0.3, 0.4) is 0 Å². The van der Waals surface area contributed by atoms with E-state index in [1.54, 1.807) is 17.3 Å². The zero-order valence-corrected chi connectivity index (χ0v) is 10.4. The predicted octanol–water partition coefficient (Wildman–Crippen LogP) is 1.56. The second kappa shape index (κ2) is 7.79. The van der Waals surface area contributed by atoms with Gasteiger partial charge in [-0.2, -0.15) is 0 Å². The molecule has 0 bridgehead atoms. The molecule has 0 saturated heterocycles. The summed E-state index contributed by atoms with van der Waals surface area (Å²) in [5.41, 5.74) is 6.52. The third kappa shape index (κ3) is 5.45. The average molecular weight is 235 g/mol. The number of hydrogen-bond donors (Lipinski definition) is 1. The number of carbonyl (C=O) groups excluding carboxylic acids is 1. The number of nitrogens with two attached hydrogens (primary N) is 1. The standard InChI is InChI=1S/C13H21N3O/c1-16(11-12-6-9-15-10-7-12)13(17)5-3-2-4-8-14/h6-7,9-10H,2-5,8,11,14H2,1H3. The largest absolute Gasteiger partial charge is 0.341 e. The molecule has 1 aromatic heterocycles. The molecule has 0 atom stereocenters. The number of unbranched alkanes of at least 4 members (excludes halogenated alkanes) is 2. The van der Waals surface area contributed by atoms with E-state index in [0.717, 1.165) is 24.8 Å². The molecule has 2 N–H and O–H groups in total. The summed E-state index contributed by atoms with van der Waals surface area (Å²) in [4.78, 5) is 17.5. The van der Waals surface area contributed by atoms with Gasteiger partial charge in [-0.15, -0.1) is 0 Å². The number of aromatic nitrogens is 1. The maximum atomic E-state index is 11.8. The highest BCUT2D eigenvalue weighted by molar-refractivity contribution is 5.75. The summed E-state index contributed by atoms with van der Waals surface area (Å²) in [6.45, 7) is 1.36. The number of rotatable bonds is 7.